The van der Waals surface area contributed by atoms with Crippen LogP contribution in [0.5, 0.6) is 0 Å². The molecular formula is C17H18N6O4S2. The summed E-state index contributed by atoms with van der Waals surface area (Å²) in [5, 5.41) is 9.91. The van der Waals surface area contributed by atoms with Gasteiger partial charge in [0.2, 0.25) is 15.9 Å². The van der Waals surface area contributed by atoms with Gasteiger partial charge in [-0.1, -0.05) is 11.8 Å². The number of aromatic nitrogens is 4. The number of rotatable bonds is 5. The Kier molecular flexibility index (Phi) is 5.15. The number of nitrogens with zero attached hydrogens (tertiary/aromatic N) is 4. The van der Waals surface area contributed by atoms with Gasteiger partial charge in [0.25, 0.3) is 5.56 Å². The molecule has 1 saturated heterocycles. The van der Waals surface area contributed by atoms with Crippen molar-refractivity contribution >= 4 is 38.7 Å². The first-order chi connectivity index (χ1) is 13.8. The Morgan fingerprint density at radius 3 is 2.55 bits per heavy atom. The number of hydrogen-bond donors (Lipinski definition) is 2. The number of likely N-dealkylation sites (tertiary alicyclic amines) is 1. The Morgan fingerprint density at radius 2 is 1.90 bits per heavy atom. The molecule has 1 aliphatic heterocycles. The molecular weight excluding hydrogens is 416 g/mol. The summed E-state index contributed by atoms with van der Waals surface area (Å²) in [6.45, 7) is 1.54. The summed E-state index contributed by atoms with van der Waals surface area (Å²) in [7, 11) is -3.81. The van der Waals surface area contributed by atoms with Crippen LogP contribution in [0.3, 0.4) is 0 Å². The maximum Gasteiger partial charge on any atom is 0.262 e. The first-order valence-electron chi connectivity index (χ1n) is 8.85. The number of fused-ring (bicyclic) bond motifs is 1. The summed E-state index contributed by atoms with van der Waals surface area (Å²) in [6.07, 6.45) is 3.42. The van der Waals surface area contributed by atoms with Gasteiger partial charge in [0.15, 0.2) is 10.8 Å². The van der Waals surface area contributed by atoms with E-state index in [2.05, 4.69) is 15.1 Å². The van der Waals surface area contributed by atoms with Gasteiger partial charge in [0.05, 0.1) is 22.5 Å². The fraction of sp³-hybridized carbons (Fsp3) is 0.294. The van der Waals surface area contributed by atoms with Crippen LogP contribution in [0.15, 0.2) is 45.3 Å². The molecule has 4 rings (SSSR count). The van der Waals surface area contributed by atoms with E-state index < -0.39 is 10.0 Å². The van der Waals surface area contributed by atoms with Crippen LogP contribution < -0.4 is 10.7 Å². The van der Waals surface area contributed by atoms with Crippen LogP contribution in [0.25, 0.3) is 16.7 Å². The van der Waals surface area contributed by atoms with Gasteiger partial charge in [-0.3, -0.25) is 9.59 Å². The van der Waals surface area contributed by atoms with Crippen LogP contribution in [-0.2, 0) is 14.8 Å². The molecule has 152 valence electrons. The van der Waals surface area contributed by atoms with Gasteiger partial charge in [0, 0.05) is 13.1 Å². The number of carbonyl (C=O) groups is 1. The van der Waals surface area contributed by atoms with Crippen molar-refractivity contribution in [2.45, 2.75) is 22.9 Å². The van der Waals surface area contributed by atoms with E-state index in [-0.39, 0.29) is 27.5 Å². The molecule has 0 saturated carbocycles. The number of nitrogens with one attached hydrogen (secondary N) is 1. The van der Waals surface area contributed by atoms with Crippen molar-refractivity contribution in [2.75, 3.05) is 18.8 Å². The third-order valence-corrected chi connectivity index (χ3v) is 6.40. The van der Waals surface area contributed by atoms with Gasteiger partial charge >= 0.3 is 0 Å². The van der Waals surface area contributed by atoms with E-state index >= 15 is 0 Å². The zero-order chi connectivity index (χ0) is 20.6. The highest BCUT2D eigenvalue weighted by atomic mass is 32.2. The molecule has 12 heteroatoms. The number of hydrogen-bond acceptors (Lipinski definition) is 7. The van der Waals surface area contributed by atoms with Crippen LogP contribution in [0, 0.1) is 0 Å². The average Bonchev–Trinajstić information content (AvgIpc) is 3.36. The number of sulfonamides is 1. The Balaban J connectivity index is 1.63. The molecule has 0 atom stereocenters. The monoisotopic (exact) mass is 434 g/mol. The average molecular weight is 435 g/mol. The van der Waals surface area contributed by atoms with Crippen LogP contribution >= 0.6 is 11.8 Å². The molecule has 2 aromatic heterocycles. The molecule has 3 aromatic rings. The van der Waals surface area contributed by atoms with Crippen molar-refractivity contribution in [1.82, 2.24) is 24.6 Å². The maximum absolute atomic E-state index is 12.4. The minimum absolute atomic E-state index is 0.0161. The van der Waals surface area contributed by atoms with Gasteiger partial charge in [-0.05, 0) is 37.1 Å². The maximum atomic E-state index is 12.4. The van der Waals surface area contributed by atoms with Crippen molar-refractivity contribution in [3.63, 3.8) is 0 Å². The Hall–Kier alpha value is -2.70. The molecule has 10 nitrogen and oxygen atoms in total. The number of primary sulfonamides is 1. The summed E-state index contributed by atoms with van der Waals surface area (Å²) in [5.41, 5.74) is 0.473. The van der Waals surface area contributed by atoms with Crippen molar-refractivity contribution in [2.24, 2.45) is 5.14 Å². The number of nitrogens with two attached hydrogens (primary N) is 1. The summed E-state index contributed by atoms with van der Waals surface area (Å²) >= 11 is 1.16. The molecule has 1 amide bonds. The predicted molar refractivity (Wildman–Crippen MR) is 107 cm³/mol. The zero-order valence-electron chi connectivity index (χ0n) is 15.2. The lowest BCUT2D eigenvalue weighted by molar-refractivity contribution is -0.127. The van der Waals surface area contributed by atoms with E-state index in [1.807, 2.05) is 0 Å². The highest BCUT2D eigenvalue weighted by Gasteiger charge is 2.19. The minimum Gasteiger partial charge on any atom is -0.342 e. The fourth-order valence-corrected chi connectivity index (χ4v) is 4.39. The van der Waals surface area contributed by atoms with E-state index in [9.17, 15) is 18.0 Å². The van der Waals surface area contributed by atoms with Crippen LogP contribution in [0.2, 0.25) is 0 Å². The summed E-state index contributed by atoms with van der Waals surface area (Å²) < 4.78 is 24.3. The predicted octanol–water partition coefficient (Wildman–Crippen LogP) is 0.471. The summed E-state index contributed by atoms with van der Waals surface area (Å²) in [5.74, 6) is 0.202. The van der Waals surface area contributed by atoms with E-state index in [0.29, 0.717) is 16.5 Å². The van der Waals surface area contributed by atoms with E-state index in [1.165, 1.54) is 35.1 Å². The topological polar surface area (TPSA) is 144 Å². The van der Waals surface area contributed by atoms with Gasteiger partial charge in [-0.15, -0.1) is 0 Å². The molecule has 1 aliphatic rings. The lowest BCUT2D eigenvalue weighted by Crippen LogP contribution is -2.29. The second-order valence-corrected chi connectivity index (χ2v) is 9.11. The fourth-order valence-electron chi connectivity index (χ4n) is 3.12. The second-order valence-electron chi connectivity index (χ2n) is 6.58. The summed E-state index contributed by atoms with van der Waals surface area (Å²) in [6, 6.07) is 5.77. The van der Waals surface area contributed by atoms with Gasteiger partial charge in [-0.2, -0.15) is 5.10 Å². The van der Waals surface area contributed by atoms with Gasteiger partial charge in [0.1, 0.15) is 5.39 Å². The molecule has 0 radical (unpaired) electrons. The Morgan fingerprint density at radius 1 is 1.21 bits per heavy atom. The molecule has 3 heterocycles. The van der Waals surface area contributed by atoms with Gasteiger partial charge < -0.3 is 9.88 Å². The molecule has 0 bridgehead atoms. The second kappa shape index (κ2) is 7.61. The smallest absolute Gasteiger partial charge is 0.262 e. The lowest BCUT2D eigenvalue weighted by Gasteiger charge is -2.14. The Bertz CT molecular complexity index is 1230. The standard InChI is InChI=1S/C17H18N6O4S2/c18-29(26,27)12-5-3-11(4-6-12)23-15-13(9-19-23)16(25)21-17(20-15)28-10-14(24)22-7-1-2-8-22/h3-6,9H,1-2,7-8,10H2,(H2,18,26,27)(H,20,21,25). The minimum atomic E-state index is -3.81. The third kappa shape index (κ3) is 4.04. The van der Waals surface area contributed by atoms with Crippen LogP contribution in [0.4, 0.5) is 0 Å². The van der Waals surface area contributed by atoms with E-state index in [4.69, 9.17) is 5.14 Å². The molecule has 1 aromatic carbocycles. The molecule has 0 spiro atoms. The molecule has 1 fully saturated rings. The SMILES string of the molecule is NS(=O)(=O)c1ccc(-n2ncc3c(=O)[nH]c(SCC(=O)N4CCCC4)nc32)cc1. The van der Waals surface area contributed by atoms with E-state index in [0.717, 1.165) is 37.7 Å². The number of carbonyl (C=O) groups excluding carboxylic acids is 1. The van der Waals surface area contributed by atoms with Crippen molar-refractivity contribution in [1.29, 1.82) is 0 Å². The van der Waals surface area contributed by atoms with E-state index in [1.54, 1.807) is 4.90 Å². The normalized spacial score (nSPS) is 14.6. The first kappa shape index (κ1) is 19.6. The summed E-state index contributed by atoms with van der Waals surface area (Å²) in [4.78, 5) is 33.5. The highest BCUT2D eigenvalue weighted by Crippen LogP contribution is 2.20. The molecule has 3 N–H and O–H groups in total. The largest absolute Gasteiger partial charge is 0.342 e. The number of H-pyrrole nitrogens is 1. The number of amides is 1. The quantitative estimate of drug-likeness (QED) is 0.439. The highest BCUT2D eigenvalue weighted by molar-refractivity contribution is 7.99. The third-order valence-electron chi connectivity index (χ3n) is 4.62. The van der Waals surface area contributed by atoms with Crippen molar-refractivity contribution in [3.05, 3.63) is 40.8 Å². The van der Waals surface area contributed by atoms with Crippen molar-refractivity contribution in [3.8, 4) is 5.69 Å². The van der Waals surface area contributed by atoms with Crippen LogP contribution in [-0.4, -0.2) is 57.8 Å². The first-order valence-corrected chi connectivity index (χ1v) is 11.4. The molecule has 0 aliphatic carbocycles. The van der Waals surface area contributed by atoms with Crippen molar-refractivity contribution < 1.29 is 13.2 Å². The number of thioether (sulfide) groups is 1. The lowest BCUT2D eigenvalue weighted by atomic mass is 10.3. The van der Waals surface area contributed by atoms with Crippen LogP contribution in [0.1, 0.15) is 12.8 Å². The van der Waals surface area contributed by atoms with Gasteiger partial charge in [-0.25, -0.2) is 23.2 Å². The molecule has 29 heavy (non-hydrogen) atoms. The Labute approximate surface area is 170 Å². The molecule has 0 unspecified atom stereocenters. The zero-order valence-corrected chi connectivity index (χ0v) is 16.9. The number of aromatic amines is 1. The number of benzene rings is 1.